The number of benzene rings is 2. The Morgan fingerprint density at radius 1 is 0.818 bits per heavy atom. The molecule has 0 bridgehead atoms. The maximum atomic E-state index is 13.8. The van der Waals surface area contributed by atoms with Crippen molar-refractivity contribution >= 4 is 37.3 Å². The van der Waals surface area contributed by atoms with Crippen LogP contribution in [0.15, 0.2) is 34.1 Å². The molecule has 1 saturated heterocycles. The van der Waals surface area contributed by atoms with E-state index in [0.717, 1.165) is 34.7 Å². The van der Waals surface area contributed by atoms with Gasteiger partial charge in [-0.3, -0.25) is 9.10 Å². The minimum atomic E-state index is -4.07. The Balaban J connectivity index is 1.81. The van der Waals surface area contributed by atoms with Crippen LogP contribution in [0.4, 0.5) is 11.4 Å². The molecular weight excluding hydrogens is 462 g/mol. The number of piperidine rings is 1. The first-order valence-electron chi connectivity index (χ1n) is 11.0. The zero-order valence-corrected chi connectivity index (χ0v) is 20.9. The fourth-order valence-electron chi connectivity index (χ4n) is 4.55. The van der Waals surface area contributed by atoms with E-state index in [4.69, 9.17) is 0 Å². The second kappa shape index (κ2) is 8.41. The lowest BCUT2D eigenvalue weighted by Gasteiger charge is -2.32. The molecule has 2 aromatic rings. The minimum Gasteiger partial charge on any atom is -0.323 e. The van der Waals surface area contributed by atoms with Gasteiger partial charge in [0.2, 0.25) is 15.9 Å². The predicted molar refractivity (Wildman–Crippen MR) is 128 cm³/mol. The smallest absolute Gasteiger partial charge is 0.265 e. The van der Waals surface area contributed by atoms with Crippen LogP contribution in [0.1, 0.15) is 41.5 Å². The lowest BCUT2D eigenvalue weighted by Crippen LogP contribution is -2.43. The standard InChI is InChI=1S/C23H29N3O5S2/c1-15-12-16(2)18(4)23(17(15)3)33(30,31)26-14-22(27)24-20-13-19(8-9-21(20)26)32(28,29)25-10-6-5-7-11-25/h8-9,12-13H,5-7,10-11,14H2,1-4H3,(H,24,27). The van der Waals surface area contributed by atoms with Crippen LogP contribution in [-0.4, -0.2) is 46.7 Å². The second-order valence-electron chi connectivity index (χ2n) is 8.79. The molecule has 0 radical (unpaired) electrons. The average molecular weight is 492 g/mol. The molecule has 33 heavy (non-hydrogen) atoms. The number of fused-ring (bicyclic) bond motifs is 1. The van der Waals surface area contributed by atoms with Crippen LogP contribution in [0.25, 0.3) is 0 Å². The van der Waals surface area contributed by atoms with Crippen molar-refractivity contribution in [2.75, 3.05) is 29.3 Å². The van der Waals surface area contributed by atoms with Gasteiger partial charge in [0.15, 0.2) is 0 Å². The molecule has 8 nitrogen and oxygen atoms in total. The third-order valence-corrected chi connectivity index (χ3v) is 10.5. The number of aryl methyl sites for hydroxylation is 2. The summed E-state index contributed by atoms with van der Waals surface area (Å²) in [5.41, 5.74) is 3.39. The van der Waals surface area contributed by atoms with Gasteiger partial charge in [0, 0.05) is 13.1 Å². The summed E-state index contributed by atoms with van der Waals surface area (Å²) in [6, 6.07) is 6.19. The molecule has 1 amide bonds. The van der Waals surface area contributed by atoms with Crippen LogP contribution in [0.2, 0.25) is 0 Å². The zero-order chi connectivity index (χ0) is 24.1. The molecule has 2 heterocycles. The summed E-state index contributed by atoms with van der Waals surface area (Å²) in [5.74, 6) is -0.515. The number of carbonyl (C=O) groups is 1. The predicted octanol–water partition coefficient (Wildman–Crippen LogP) is 3.24. The molecule has 178 valence electrons. The maximum Gasteiger partial charge on any atom is 0.265 e. The summed E-state index contributed by atoms with van der Waals surface area (Å²) in [5, 5.41) is 2.65. The van der Waals surface area contributed by atoms with E-state index in [-0.39, 0.29) is 27.7 Å². The summed E-state index contributed by atoms with van der Waals surface area (Å²) < 4.78 is 56.3. The zero-order valence-electron chi connectivity index (χ0n) is 19.3. The molecule has 0 unspecified atom stereocenters. The number of sulfonamides is 2. The van der Waals surface area contributed by atoms with Crippen molar-refractivity contribution in [3.63, 3.8) is 0 Å². The van der Waals surface area contributed by atoms with E-state index in [1.807, 2.05) is 19.9 Å². The van der Waals surface area contributed by atoms with E-state index in [1.54, 1.807) is 13.8 Å². The SMILES string of the molecule is Cc1cc(C)c(C)c(S(=O)(=O)N2CC(=O)Nc3cc(S(=O)(=O)N4CCCCC4)ccc32)c1C. The summed E-state index contributed by atoms with van der Waals surface area (Å²) >= 11 is 0. The van der Waals surface area contributed by atoms with Crippen LogP contribution < -0.4 is 9.62 Å². The number of nitrogens with zero attached hydrogens (tertiary/aromatic N) is 2. The van der Waals surface area contributed by atoms with E-state index in [9.17, 15) is 21.6 Å². The van der Waals surface area contributed by atoms with Gasteiger partial charge in [-0.05, 0) is 81.0 Å². The molecule has 0 aliphatic carbocycles. The molecule has 0 atom stereocenters. The van der Waals surface area contributed by atoms with Crippen LogP contribution >= 0.6 is 0 Å². The first-order chi connectivity index (χ1) is 15.4. The molecule has 1 fully saturated rings. The van der Waals surface area contributed by atoms with Crippen LogP contribution in [-0.2, 0) is 24.8 Å². The van der Waals surface area contributed by atoms with E-state index in [0.29, 0.717) is 24.2 Å². The molecule has 4 rings (SSSR count). The molecule has 1 N–H and O–H groups in total. The van der Waals surface area contributed by atoms with Gasteiger partial charge in [0.05, 0.1) is 21.2 Å². The van der Waals surface area contributed by atoms with Gasteiger partial charge in [0.1, 0.15) is 6.54 Å². The van der Waals surface area contributed by atoms with Gasteiger partial charge < -0.3 is 5.32 Å². The van der Waals surface area contributed by atoms with E-state index >= 15 is 0 Å². The highest BCUT2D eigenvalue weighted by Gasteiger charge is 2.36. The topological polar surface area (TPSA) is 104 Å². The first-order valence-corrected chi connectivity index (χ1v) is 13.9. The Kier molecular flexibility index (Phi) is 6.05. The largest absolute Gasteiger partial charge is 0.323 e. The highest BCUT2D eigenvalue weighted by molar-refractivity contribution is 7.93. The number of anilines is 2. The Labute approximate surface area is 195 Å². The molecular formula is C23H29N3O5S2. The Morgan fingerprint density at radius 2 is 1.42 bits per heavy atom. The van der Waals surface area contributed by atoms with Crippen molar-refractivity contribution in [2.45, 2.75) is 56.7 Å². The third-order valence-electron chi connectivity index (χ3n) is 6.60. The van der Waals surface area contributed by atoms with Gasteiger partial charge in [-0.2, -0.15) is 4.31 Å². The number of hydrogen-bond donors (Lipinski definition) is 1. The summed E-state index contributed by atoms with van der Waals surface area (Å²) in [7, 11) is -7.80. The Hall–Kier alpha value is -2.43. The fourth-order valence-corrected chi connectivity index (χ4v) is 8.11. The first kappa shape index (κ1) is 23.7. The Morgan fingerprint density at radius 3 is 2.03 bits per heavy atom. The van der Waals surface area contributed by atoms with Crippen LogP contribution in [0, 0.1) is 27.7 Å². The number of nitrogens with one attached hydrogen (secondary N) is 1. The quantitative estimate of drug-likeness (QED) is 0.707. The second-order valence-corrected chi connectivity index (χ2v) is 12.5. The van der Waals surface area contributed by atoms with Crippen molar-refractivity contribution < 1.29 is 21.6 Å². The fraction of sp³-hybridized carbons (Fsp3) is 0.435. The number of hydrogen-bond acceptors (Lipinski definition) is 5. The third kappa shape index (κ3) is 4.04. The van der Waals surface area contributed by atoms with Crippen molar-refractivity contribution in [3.8, 4) is 0 Å². The van der Waals surface area contributed by atoms with E-state index in [2.05, 4.69) is 5.32 Å². The highest BCUT2D eigenvalue weighted by atomic mass is 32.2. The average Bonchev–Trinajstić information content (AvgIpc) is 2.77. The molecule has 2 aromatic carbocycles. The molecule has 2 aliphatic heterocycles. The van der Waals surface area contributed by atoms with Crippen molar-refractivity contribution in [3.05, 3.63) is 46.5 Å². The number of amides is 1. The molecule has 0 aromatic heterocycles. The monoisotopic (exact) mass is 491 g/mol. The van der Waals surface area contributed by atoms with Gasteiger partial charge in [-0.1, -0.05) is 12.5 Å². The van der Waals surface area contributed by atoms with Gasteiger partial charge >= 0.3 is 0 Å². The highest BCUT2D eigenvalue weighted by Crippen LogP contribution is 2.38. The van der Waals surface area contributed by atoms with Crippen molar-refractivity contribution in [2.24, 2.45) is 0 Å². The van der Waals surface area contributed by atoms with Crippen molar-refractivity contribution in [1.29, 1.82) is 0 Å². The number of rotatable bonds is 4. The van der Waals surface area contributed by atoms with Gasteiger partial charge in [-0.25, -0.2) is 16.8 Å². The molecule has 2 aliphatic rings. The summed E-state index contributed by atoms with van der Waals surface area (Å²) in [6.07, 6.45) is 2.61. The minimum absolute atomic E-state index is 0.0430. The van der Waals surface area contributed by atoms with Gasteiger partial charge in [0.25, 0.3) is 10.0 Å². The molecule has 0 saturated carbocycles. The lowest BCUT2D eigenvalue weighted by atomic mass is 10.0. The van der Waals surface area contributed by atoms with Crippen LogP contribution in [0.5, 0.6) is 0 Å². The van der Waals surface area contributed by atoms with Crippen LogP contribution in [0.3, 0.4) is 0 Å². The number of carbonyl (C=O) groups excluding carboxylic acids is 1. The molecule has 10 heteroatoms. The van der Waals surface area contributed by atoms with Crippen molar-refractivity contribution in [1.82, 2.24) is 4.31 Å². The summed E-state index contributed by atoms with van der Waals surface area (Å²) in [6.45, 7) is 7.76. The summed E-state index contributed by atoms with van der Waals surface area (Å²) in [4.78, 5) is 12.7. The maximum absolute atomic E-state index is 13.8. The van der Waals surface area contributed by atoms with E-state index in [1.165, 1.54) is 22.5 Å². The van der Waals surface area contributed by atoms with E-state index < -0.39 is 26.0 Å². The normalized spacial score (nSPS) is 17.6. The Bertz CT molecular complexity index is 1320. The van der Waals surface area contributed by atoms with Gasteiger partial charge in [-0.15, -0.1) is 0 Å². The molecule has 0 spiro atoms. The lowest BCUT2D eigenvalue weighted by molar-refractivity contribution is -0.115.